The van der Waals surface area contributed by atoms with E-state index >= 15 is 0 Å². The highest BCUT2D eigenvalue weighted by Crippen LogP contribution is 2.09. The Bertz CT molecular complexity index is 239. The number of likely N-dealkylation sites (N-methyl/N-ethyl adjacent to an activating group) is 1. The molecule has 1 rings (SSSR count). The Morgan fingerprint density at radius 3 is 3.08 bits per heavy atom. The molecule has 0 radical (unpaired) electrons. The summed E-state index contributed by atoms with van der Waals surface area (Å²) in [6, 6.07) is -0.211. The summed E-state index contributed by atoms with van der Waals surface area (Å²) in [5.74, 6) is -0.421. The molecule has 0 spiro atoms. The van der Waals surface area contributed by atoms with Gasteiger partial charge in [-0.25, -0.2) is 0 Å². The summed E-state index contributed by atoms with van der Waals surface area (Å²) in [7, 11) is 1.53. The molecule has 1 unspecified atom stereocenters. The van der Waals surface area contributed by atoms with E-state index in [9.17, 15) is 9.59 Å². The molecule has 1 aliphatic heterocycles. The number of nitrogens with one attached hydrogen (secondary N) is 1. The van der Waals surface area contributed by atoms with Gasteiger partial charge in [-0.2, -0.15) is 5.11 Å². The van der Waals surface area contributed by atoms with Gasteiger partial charge >= 0.3 is 0 Å². The van der Waals surface area contributed by atoms with Gasteiger partial charge in [0.25, 0.3) is 5.91 Å². The molecule has 0 bridgehead atoms. The lowest BCUT2D eigenvalue weighted by Crippen LogP contribution is -2.25. The van der Waals surface area contributed by atoms with Crippen molar-refractivity contribution in [2.75, 3.05) is 20.3 Å². The molecule has 0 saturated carbocycles. The molecule has 0 aromatic carbocycles. The SMILES string of the molecule is CNC(=O)COCC1CC(=O)N=N1. The van der Waals surface area contributed by atoms with Crippen molar-refractivity contribution in [3.05, 3.63) is 0 Å². The second kappa shape index (κ2) is 4.66. The van der Waals surface area contributed by atoms with Crippen LogP contribution >= 0.6 is 0 Å². The van der Waals surface area contributed by atoms with E-state index in [1.165, 1.54) is 7.05 Å². The van der Waals surface area contributed by atoms with Crippen LogP contribution in [0.1, 0.15) is 6.42 Å². The van der Waals surface area contributed by atoms with E-state index in [2.05, 4.69) is 15.5 Å². The Morgan fingerprint density at radius 2 is 2.54 bits per heavy atom. The number of rotatable bonds is 4. The molecule has 72 valence electrons. The minimum absolute atomic E-state index is 0.00326. The molecule has 1 heterocycles. The molecule has 0 aliphatic carbocycles. The lowest BCUT2D eigenvalue weighted by Gasteiger charge is -2.04. The van der Waals surface area contributed by atoms with Crippen molar-refractivity contribution >= 4 is 11.8 Å². The van der Waals surface area contributed by atoms with Crippen molar-refractivity contribution < 1.29 is 14.3 Å². The summed E-state index contributed by atoms with van der Waals surface area (Å²) in [6.07, 6.45) is 0.285. The minimum Gasteiger partial charge on any atom is -0.369 e. The van der Waals surface area contributed by atoms with Gasteiger partial charge in [0.1, 0.15) is 12.6 Å². The van der Waals surface area contributed by atoms with E-state index in [1.54, 1.807) is 0 Å². The maximum Gasteiger partial charge on any atom is 0.266 e. The minimum atomic E-state index is -0.228. The third-order valence-corrected chi connectivity index (χ3v) is 1.57. The molecule has 0 saturated heterocycles. The number of carbonyl (C=O) groups is 2. The lowest BCUT2D eigenvalue weighted by molar-refractivity contribution is -0.125. The van der Waals surface area contributed by atoms with Gasteiger partial charge in [-0.1, -0.05) is 0 Å². The van der Waals surface area contributed by atoms with E-state index in [1.807, 2.05) is 0 Å². The van der Waals surface area contributed by atoms with Crippen molar-refractivity contribution in [1.82, 2.24) is 5.32 Å². The fraction of sp³-hybridized carbons (Fsp3) is 0.714. The predicted molar refractivity (Wildman–Crippen MR) is 43.2 cm³/mol. The van der Waals surface area contributed by atoms with Crippen LogP contribution in [0.5, 0.6) is 0 Å². The summed E-state index contributed by atoms with van der Waals surface area (Å²) < 4.78 is 5.00. The Morgan fingerprint density at radius 1 is 1.77 bits per heavy atom. The molecule has 0 aromatic rings. The molecular weight excluding hydrogens is 174 g/mol. The molecule has 1 N–H and O–H groups in total. The van der Waals surface area contributed by atoms with Gasteiger partial charge in [0.15, 0.2) is 0 Å². The third-order valence-electron chi connectivity index (χ3n) is 1.57. The number of carbonyl (C=O) groups excluding carboxylic acids is 2. The molecular formula is C7H11N3O3. The zero-order valence-electron chi connectivity index (χ0n) is 7.32. The topological polar surface area (TPSA) is 80.1 Å². The molecule has 2 amide bonds. The number of azo groups is 1. The highest BCUT2D eigenvalue weighted by Gasteiger charge is 2.19. The zero-order chi connectivity index (χ0) is 9.68. The summed E-state index contributed by atoms with van der Waals surface area (Å²) in [5.41, 5.74) is 0. The van der Waals surface area contributed by atoms with E-state index < -0.39 is 0 Å². The fourth-order valence-corrected chi connectivity index (χ4v) is 0.881. The van der Waals surface area contributed by atoms with Gasteiger partial charge in [0.05, 0.1) is 13.0 Å². The number of hydrogen-bond donors (Lipinski definition) is 1. The number of amides is 2. The monoisotopic (exact) mass is 185 g/mol. The molecule has 13 heavy (non-hydrogen) atoms. The third kappa shape index (κ3) is 3.29. The quantitative estimate of drug-likeness (QED) is 0.641. The molecule has 6 nitrogen and oxygen atoms in total. The molecule has 1 atom stereocenters. The maximum atomic E-state index is 10.7. The number of ether oxygens (including phenoxy) is 1. The first-order chi connectivity index (χ1) is 6.22. The average Bonchev–Trinajstić information content (AvgIpc) is 2.51. The van der Waals surface area contributed by atoms with Crippen molar-refractivity contribution in [2.45, 2.75) is 12.5 Å². The first kappa shape index (κ1) is 9.79. The van der Waals surface area contributed by atoms with E-state index in [-0.39, 0.29) is 37.5 Å². The van der Waals surface area contributed by atoms with Gasteiger partial charge in [-0.3, -0.25) is 9.59 Å². The van der Waals surface area contributed by atoms with E-state index in [4.69, 9.17) is 4.74 Å². The summed E-state index contributed by atoms with van der Waals surface area (Å²) in [4.78, 5) is 21.3. The van der Waals surface area contributed by atoms with Gasteiger partial charge in [0.2, 0.25) is 5.91 Å². The Kier molecular flexibility index (Phi) is 3.51. The van der Waals surface area contributed by atoms with Gasteiger partial charge in [-0.15, -0.1) is 5.11 Å². The summed E-state index contributed by atoms with van der Waals surface area (Å²) >= 11 is 0. The smallest absolute Gasteiger partial charge is 0.266 e. The van der Waals surface area contributed by atoms with Crippen LogP contribution in [0, 0.1) is 0 Å². The number of hydrogen-bond acceptors (Lipinski definition) is 4. The van der Waals surface area contributed by atoms with Crippen LogP contribution in [-0.4, -0.2) is 38.1 Å². The summed E-state index contributed by atoms with van der Waals surface area (Å²) in [6.45, 7) is 0.263. The number of nitrogens with zero attached hydrogens (tertiary/aromatic N) is 2. The normalized spacial score (nSPS) is 20.7. The molecule has 1 aliphatic rings. The van der Waals surface area contributed by atoms with Crippen LogP contribution in [0.2, 0.25) is 0 Å². The lowest BCUT2D eigenvalue weighted by atomic mass is 10.2. The first-order valence-corrected chi connectivity index (χ1v) is 3.94. The second-order valence-electron chi connectivity index (χ2n) is 2.66. The van der Waals surface area contributed by atoms with Gasteiger partial charge in [-0.05, 0) is 0 Å². The maximum absolute atomic E-state index is 10.7. The molecule has 0 fully saturated rings. The van der Waals surface area contributed by atoms with Crippen LogP contribution in [0.15, 0.2) is 10.2 Å². The fourth-order valence-electron chi connectivity index (χ4n) is 0.881. The van der Waals surface area contributed by atoms with Crippen molar-refractivity contribution in [3.8, 4) is 0 Å². The highest BCUT2D eigenvalue weighted by molar-refractivity contribution is 5.78. The van der Waals surface area contributed by atoms with Crippen molar-refractivity contribution in [3.63, 3.8) is 0 Å². The van der Waals surface area contributed by atoms with Gasteiger partial charge < -0.3 is 10.1 Å². The van der Waals surface area contributed by atoms with Crippen LogP contribution in [0.3, 0.4) is 0 Å². The summed E-state index contributed by atoms with van der Waals surface area (Å²) in [5, 5.41) is 9.41. The molecule has 0 aromatic heterocycles. The van der Waals surface area contributed by atoms with Crippen molar-refractivity contribution in [1.29, 1.82) is 0 Å². The van der Waals surface area contributed by atoms with E-state index in [0.29, 0.717) is 0 Å². The Hall–Kier alpha value is -1.30. The van der Waals surface area contributed by atoms with Crippen LogP contribution in [-0.2, 0) is 14.3 Å². The van der Waals surface area contributed by atoms with Crippen LogP contribution in [0.25, 0.3) is 0 Å². The highest BCUT2D eigenvalue weighted by atomic mass is 16.5. The van der Waals surface area contributed by atoms with Crippen LogP contribution in [0.4, 0.5) is 0 Å². The van der Waals surface area contributed by atoms with E-state index in [0.717, 1.165) is 0 Å². The second-order valence-corrected chi connectivity index (χ2v) is 2.66. The Labute approximate surface area is 75.4 Å². The van der Waals surface area contributed by atoms with Crippen LogP contribution < -0.4 is 5.32 Å². The zero-order valence-corrected chi connectivity index (χ0v) is 7.32. The molecule has 6 heteroatoms. The van der Waals surface area contributed by atoms with Crippen molar-refractivity contribution in [2.24, 2.45) is 10.2 Å². The standard InChI is InChI=1S/C7H11N3O3/c1-8-7(12)4-13-3-5-2-6(11)10-9-5/h5H,2-4H2,1H3,(H,8,12). The largest absolute Gasteiger partial charge is 0.369 e. The first-order valence-electron chi connectivity index (χ1n) is 3.94. The average molecular weight is 185 g/mol. The Balaban J connectivity index is 2.10. The predicted octanol–water partition coefficient (Wildman–Crippen LogP) is -0.500. The van der Waals surface area contributed by atoms with Gasteiger partial charge in [0, 0.05) is 7.05 Å².